The molecular formula is C23H37NO4. The summed E-state index contributed by atoms with van der Waals surface area (Å²) >= 11 is 0. The minimum atomic E-state index is -0.279. The average molecular weight is 392 g/mol. The van der Waals surface area contributed by atoms with Crippen molar-refractivity contribution in [1.29, 1.82) is 0 Å². The topological polar surface area (TPSA) is 64.6 Å². The lowest BCUT2D eigenvalue weighted by atomic mass is 10.0. The van der Waals surface area contributed by atoms with E-state index in [-0.39, 0.29) is 23.8 Å². The molecule has 0 aliphatic heterocycles. The van der Waals surface area contributed by atoms with Gasteiger partial charge in [0, 0.05) is 6.04 Å². The lowest BCUT2D eigenvalue weighted by Gasteiger charge is -2.17. The first-order valence-electron chi connectivity index (χ1n) is 10.7. The third-order valence-electron chi connectivity index (χ3n) is 5.03. The highest BCUT2D eigenvalue weighted by atomic mass is 16.6. The highest BCUT2D eigenvalue weighted by Gasteiger charge is 2.22. The van der Waals surface area contributed by atoms with E-state index in [1.807, 2.05) is 39.8 Å². The van der Waals surface area contributed by atoms with Crippen LogP contribution in [-0.4, -0.2) is 24.5 Å². The number of carbonyl (C=O) groups is 2. The van der Waals surface area contributed by atoms with Crippen molar-refractivity contribution in [3.05, 3.63) is 23.8 Å². The van der Waals surface area contributed by atoms with E-state index in [9.17, 15) is 9.59 Å². The molecule has 0 saturated heterocycles. The normalized spacial score (nSPS) is 11.3. The fraction of sp³-hybridized carbons (Fsp3) is 0.652. The Balaban J connectivity index is 3.04. The Morgan fingerprint density at radius 3 is 1.82 bits per heavy atom. The first-order chi connectivity index (χ1) is 13.4. The molecule has 0 aliphatic carbocycles. The summed E-state index contributed by atoms with van der Waals surface area (Å²) in [7, 11) is 0. The third-order valence-corrected chi connectivity index (χ3v) is 5.03. The fourth-order valence-corrected chi connectivity index (χ4v) is 3.00. The zero-order chi connectivity index (χ0) is 21.1. The van der Waals surface area contributed by atoms with E-state index in [4.69, 9.17) is 9.47 Å². The van der Waals surface area contributed by atoms with E-state index in [0.717, 1.165) is 44.2 Å². The second-order valence-corrected chi connectivity index (χ2v) is 7.51. The van der Waals surface area contributed by atoms with E-state index in [2.05, 4.69) is 19.2 Å². The van der Waals surface area contributed by atoms with Crippen molar-refractivity contribution in [3.8, 4) is 11.5 Å². The molecule has 0 aliphatic rings. The standard InChI is InChI=1S/C23H37NO4/c1-7-18(8-2)22(25)27-20-12-11-17(13-14-24-16(5)6)15-21(20)28-23(26)19(9-3)10-4/h11-12,15-16,18-19,24H,7-10,13-14H2,1-6H3. The van der Waals surface area contributed by atoms with Crippen molar-refractivity contribution in [2.45, 2.75) is 79.7 Å². The summed E-state index contributed by atoms with van der Waals surface area (Å²) in [6.07, 6.45) is 3.68. The van der Waals surface area contributed by atoms with E-state index in [0.29, 0.717) is 17.5 Å². The number of hydrogen-bond donors (Lipinski definition) is 1. The van der Waals surface area contributed by atoms with Gasteiger partial charge in [-0.3, -0.25) is 9.59 Å². The second-order valence-electron chi connectivity index (χ2n) is 7.51. The Morgan fingerprint density at radius 1 is 0.857 bits per heavy atom. The first kappa shape index (κ1) is 24.2. The summed E-state index contributed by atoms with van der Waals surface area (Å²) in [5, 5.41) is 3.37. The van der Waals surface area contributed by atoms with Crippen molar-refractivity contribution < 1.29 is 19.1 Å². The summed E-state index contributed by atoms with van der Waals surface area (Å²) in [5.41, 5.74) is 1.03. The van der Waals surface area contributed by atoms with Gasteiger partial charge in [0.1, 0.15) is 0 Å². The number of benzene rings is 1. The van der Waals surface area contributed by atoms with Gasteiger partial charge in [-0.05, 0) is 56.3 Å². The largest absolute Gasteiger partial charge is 0.422 e. The number of hydrogen-bond acceptors (Lipinski definition) is 5. The van der Waals surface area contributed by atoms with Crippen molar-refractivity contribution >= 4 is 11.9 Å². The zero-order valence-electron chi connectivity index (χ0n) is 18.3. The highest BCUT2D eigenvalue weighted by molar-refractivity contribution is 5.78. The van der Waals surface area contributed by atoms with Crippen LogP contribution >= 0.6 is 0 Å². The third kappa shape index (κ3) is 7.63. The minimum absolute atomic E-state index is 0.155. The van der Waals surface area contributed by atoms with Crippen LogP contribution in [-0.2, 0) is 16.0 Å². The maximum absolute atomic E-state index is 12.5. The van der Waals surface area contributed by atoms with Gasteiger partial charge >= 0.3 is 11.9 Å². The number of ether oxygens (including phenoxy) is 2. The summed E-state index contributed by atoms with van der Waals surface area (Å²) in [6.45, 7) is 12.9. The Morgan fingerprint density at radius 2 is 1.36 bits per heavy atom. The number of nitrogens with one attached hydrogen (secondary N) is 1. The lowest BCUT2D eigenvalue weighted by molar-refractivity contribution is -0.142. The van der Waals surface area contributed by atoms with Crippen LogP contribution in [0.1, 0.15) is 72.8 Å². The van der Waals surface area contributed by atoms with Crippen molar-refractivity contribution in [1.82, 2.24) is 5.32 Å². The number of rotatable bonds is 12. The maximum Gasteiger partial charge on any atom is 0.314 e. The molecule has 0 fully saturated rings. The molecule has 158 valence electrons. The smallest absolute Gasteiger partial charge is 0.314 e. The van der Waals surface area contributed by atoms with Crippen LogP contribution in [0, 0.1) is 11.8 Å². The monoisotopic (exact) mass is 391 g/mol. The Bertz CT molecular complexity index is 619. The van der Waals surface area contributed by atoms with Gasteiger partial charge in [-0.15, -0.1) is 0 Å². The minimum Gasteiger partial charge on any atom is -0.422 e. The summed E-state index contributed by atoms with van der Waals surface area (Å²) < 4.78 is 11.3. The van der Waals surface area contributed by atoms with Gasteiger partial charge in [0.05, 0.1) is 11.8 Å². The Hall–Kier alpha value is -1.88. The molecular weight excluding hydrogens is 354 g/mol. The van der Waals surface area contributed by atoms with Gasteiger partial charge in [0.25, 0.3) is 0 Å². The SMILES string of the molecule is CCC(CC)C(=O)Oc1ccc(CCNC(C)C)cc1OC(=O)C(CC)CC. The molecule has 1 rings (SSSR count). The second kappa shape index (κ2) is 12.6. The van der Waals surface area contributed by atoms with Crippen LogP contribution in [0.4, 0.5) is 0 Å². The molecule has 0 atom stereocenters. The van der Waals surface area contributed by atoms with Crippen molar-refractivity contribution in [2.75, 3.05) is 6.54 Å². The van der Waals surface area contributed by atoms with Crippen molar-refractivity contribution in [2.24, 2.45) is 11.8 Å². The summed E-state index contributed by atoms with van der Waals surface area (Å²) in [4.78, 5) is 24.9. The molecule has 0 radical (unpaired) electrons. The molecule has 1 aromatic carbocycles. The molecule has 1 N–H and O–H groups in total. The first-order valence-corrected chi connectivity index (χ1v) is 10.7. The predicted molar refractivity (Wildman–Crippen MR) is 113 cm³/mol. The summed E-state index contributed by atoms with van der Waals surface area (Å²) in [5.74, 6) is -0.220. The van der Waals surface area contributed by atoms with Gasteiger partial charge in [0.2, 0.25) is 0 Å². The van der Waals surface area contributed by atoms with Crippen LogP contribution in [0.2, 0.25) is 0 Å². The zero-order valence-corrected chi connectivity index (χ0v) is 18.3. The maximum atomic E-state index is 12.5. The Labute approximate surface area is 170 Å². The number of esters is 2. The molecule has 0 heterocycles. The van der Waals surface area contributed by atoms with E-state index >= 15 is 0 Å². The molecule has 0 aromatic heterocycles. The summed E-state index contributed by atoms with van der Waals surface area (Å²) in [6, 6.07) is 5.89. The van der Waals surface area contributed by atoms with Gasteiger partial charge in [-0.1, -0.05) is 47.6 Å². The lowest BCUT2D eigenvalue weighted by Crippen LogP contribution is -2.25. The van der Waals surface area contributed by atoms with Gasteiger partial charge < -0.3 is 14.8 Å². The molecule has 5 heteroatoms. The van der Waals surface area contributed by atoms with Gasteiger partial charge in [0.15, 0.2) is 11.5 Å². The molecule has 1 aromatic rings. The molecule has 0 amide bonds. The molecule has 28 heavy (non-hydrogen) atoms. The molecule has 0 spiro atoms. The van der Waals surface area contributed by atoms with E-state index < -0.39 is 0 Å². The highest BCUT2D eigenvalue weighted by Crippen LogP contribution is 2.31. The average Bonchev–Trinajstić information content (AvgIpc) is 2.65. The van der Waals surface area contributed by atoms with E-state index in [1.165, 1.54) is 0 Å². The van der Waals surface area contributed by atoms with E-state index in [1.54, 1.807) is 6.07 Å². The van der Waals surface area contributed by atoms with Crippen LogP contribution in [0.15, 0.2) is 18.2 Å². The van der Waals surface area contributed by atoms with Crippen LogP contribution in [0.5, 0.6) is 11.5 Å². The molecule has 5 nitrogen and oxygen atoms in total. The quantitative estimate of drug-likeness (QED) is 0.405. The van der Waals surface area contributed by atoms with Crippen LogP contribution < -0.4 is 14.8 Å². The molecule has 0 unspecified atom stereocenters. The van der Waals surface area contributed by atoms with Gasteiger partial charge in [-0.25, -0.2) is 0 Å². The Kier molecular flexibility index (Phi) is 10.8. The van der Waals surface area contributed by atoms with Crippen molar-refractivity contribution in [3.63, 3.8) is 0 Å². The van der Waals surface area contributed by atoms with Crippen LogP contribution in [0.3, 0.4) is 0 Å². The number of carbonyl (C=O) groups excluding carboxylic acids is 2. The predicted octanol–water partition coefficient (Wildman–Crippen LogP) is 4.91. The molecule has 0 bridgehead atoms. The van der Waals surface area contributed by atoms with Gasteiger partial charge in [-0.2, -0.15) is 0 Å². The van der Waals surface area contributed by atoms with Crippen LogP contribution in [0.25, 0.3) is 0 Å². The fourth-order valence-electron chi connectivity index (χ4n) is 3.00. The molecule has 0 saturated carbocycles.